The number of hydrogen-bond acceptors (Lipinski definition) is 2. The fourth-order valence-electron chi connectivity index (χ4n) is 1.38. The third-order valence-corrected chi connectivity index (χ3v) is 2.55. The van der Waals surface area contributed by atoms with Gasteiger partial charge in [-0.3, -0.25) is 0 Å². The van der Waals surface area contributed by atoms with Crippen molar-refractivity contribution in [2.24, 2.45) is 0 Å². The van der Waals surface area contributed by atoms with Crippen molar-refractivity contribution in [2.45, 2.75) is 39.7 Å². The largest absolute Gasteiger partial charge is 0.494 e. The van der Waals surface area contributed by atoms with E-state index in [0.29, 0.717) is 6.61 Å². The molecule has 0 unspecified atom stereocenters. The molecule has 18 heavy (non-hydrogen) atoms. The SMILES string of the molecule is CCCOc1cccc(NC(=O)N[C@@H](C)CC)c1. The van der Waals surface area contributed by atoms with Gasteiger partial charge < -0.3 is 15.4 Å². The molecule has 1 atom stereocenters. The van der Waals surface area contributed by atoms with Gasteiger partial charge in [0.25, 0.3) is 0 Å². The van der Waals surface area contributed by atoms with Gasteiger partial charge in [-0.1, -0.05) is 19.9 Å². The second-order valence-electron chi connectivity index (χ2n) is 4.28. The topological polar surface area (TPSA) is 50.4 Å². The van der Waals surface area contributed by atoms with Gasteiger partial charge in [0.15, 0.2) is 0 Å². The molecule has 0 heterocycles. The Morgan fingerprint density at radius 3 is 2.83 bits per heavy atom. The third-order valence-electron chi connectivity index (χ3n) is 2.55. The van der Waals surface area contributed by atoms with Gasteiger partial charge >= 0.3 is 6.03 Å². The van der Waals surface area contributed by atoms with Crippen molar-refractivity contribution in [3.63, 3.8) is 0 Å². The summed E-state index contributed by atoms with van der Waals surface area (Å²) in [4.78, 5) is 11.6. The van der Waals surface area contributed by atoms with E-state index < -0.39 is 0 Å². The van der Waals surface area contributed by atoms with Crippen molar-refractivity contribution in [3.8, 4) is 5.75 Å². The Balaban J connectivity index is 2.53. The number of benzene rings is 1. The number of hydrogen-bond donors (Lipinski definition) is 2. The lowest BCUT2D eigenvalue weighted by atomic mass is 10.2. The van der Waals surface area contributed by atoms with Gasteiger partial charge in [0.2, 0.25) is 0 Å². The number of carbonyl (C=O) groups excluding carboxylic acids is 1. The van der Waals surface area contributed by atoms with Crippen molar-refractivity contribution < 1.29 is 9.53 Å². The number of ether oxygens (including phenoxy) is 1. The van der Waals surface area contributed by atoms with Crippen LogP contribution in [0.4, 0.5) is 10.5 Å². The normalized spacial score (nSPS) is 11.7. The zero-order chi connectivity index (χ0) is 13.4. The molecular weight excluding hydrogens is 228 g/mol. The Morgan fingerprint density at radius 1 is 1.39 bits per heavy atom. The molecule has 0 bridgehead atoms. The predicted octanol–water partition coefficient (Wildman–Crippen LogP) is 3.40. The van der Waals surface area contributed by atoms with Crippen molar-refractivity contribution in [1.29, 1.82) is 0 Å². The summed E-state index contributed by atoms with van der Waals surface area (Å²) in [5.74, 6) is 0.776. The lowest BCUT2D eigenvalue weighted by Crippen LogP contribution is -2.35. The maximum absolute atomic E-state index is 11.6. The fraction of sp³-hybridized carbons (Fsp3) is 0.500. The van der Waals surface area contributed by atoms with Crippen LogP contribution in [0, 0.1) is 0 Å². The van der Waals surface area contributed by atoms with E-state index in [-0.39, 0.29) is 12.1 Å². The zero-order valence-electron chi connectivity index (χ0n) is 11.3. The van der Waals surface area contributed by atoms with Crippen LogP contribution in [0.1, 0.15) is 33.6 Å². The third kappa shape index (κ3) is 5.08. The highest BCUT2D eigenvalue weighted by Gasteiger charge is 2.05. The standard InChI is InChI=1S/C14H22N2O2/c1-4-9-18-13-8-6-7-12(10-13)16-14(17)15-11(3)5-2/h6-8,10-11H,4-5,9H2,1-3H3,(H2,15,16,17)/t11-/m0/s1. The van der Waals surface area contributed by atoms with E-state index in [0.717, 1.165) is 24.3 Å². The highest BCUT2D eigenvalue weighted by Crippen LogP contribution is 2.17. The molecule has 100 valence electrons. The molecule has 2 N–H and O–H groups in total. The molecule has 0 spiro atoms. The van der Waals surface area contributed by atoms with E-state index in [1.54, 1.807) is 0 Å². The van der Waals surface area contributed by atoms with Crippen LogP contribution in [0.15, 0.2) is 24.3 Å². The summed E-state index contributed by atoms with van der Waals surface area (Å²) >= 11 is 0. The molecule has 2 amide bonds. The first-order chi connectivity index (χ1) is 8.65. The summed E-state index contributed by atoms with van der Waals surface area (Å²) in [5, 5.41) is 5.64. The minimum Gasteiger partial charge on any atom is -0.494 e. The maximum Gasteiger partial charge on any atom is 0.319 e. The lowest BCUT2D eigenvalue weighted by Gasteiger charge is -2.13. The van der Waals surface area contributed by atoms with Crippen LogP contribution in [0.25, 0.3) is 0 Å². The van der Waals surface area contributed by atoms with Crippen molar-refractivity contribution >= 4 is 11.7 Å². The Morgan fingerprint density at radius 2 is 2.17 bits per heavy atom. The fourth-order valence-corrected chi connectivity index (χ4v) is 1.38. The minimum atomic E-state index is -0.183. The molecule has 0 saturated heterocycles. The van der Waals surface area contributed by atoms with E-state index in [4.69, 9.17) is 4.74 Å². The quantitative estimate of drug-likeness (QED) is 0.813. The average Bonchev–Trinajstić information content (AvgIpc) is 2.36. The Labute approximate surface area is 109 Å². The summed E-state index contributed by atoms with van der Waals surface area (Å²) in [5.41, 5.74) is 0.740. The number of nitrogens with one attached hydrogen (secondary N) is 2. The van der Waals surface area contributed by atoms with Gasteiger partial charge in [0.1, 0.15) is 5.75 Å². The zero-order valence-corrected chi connectivity index (χ0v) is 11.3. The highest BCUT2D eigenvalue weighted by atomic mass is 16.5. The van der Waals surface area contributed by atoms with E-state index in [1.807, 2.05) is 38.1 Å². The van der Waals surface area contributed by atoms with Crippen LogP contribution >= 0.6 is 0 Å². The van der Waals surface area contributed by atoms with Crippen molar-refractivity contribution in [1.82, 2.24) is 5.32 Å². The first kappa shape index (κ1) is 14.4. The molecule has 0 aliphatic heterocycles. The number of rotatable bonds is 6. The molecule has 0 fully saturated rings. The first-order valence-corrected chi connectivity index (χ1v) is 6.46. The minimum absolute atomic E-state index is 0.171. The van der Waals surface area contributed by atoms with Crippen molar-refractivity contribution in [3.05, 3.63) is 24.3 Å². The Kier molecular flexibility index (Phi) is 6.05. The Hall–Kier alpha value is -1.71. The second kappa shape index (κ2) is 7.58. The van der Waals surface area contributed by atoms with Crippen LogP contribution in [0.2, 0.25) is 0 Å². The second-order valence-corrected chi connectivity index (χ2v) is 4.28. The monoisotopic (exact) mass is 250 g/mol. The van der Waals surface area contributed by atoms with E-state index in [9.17, 15) is 4.79 Å². The number of urea groups is 1. The van der Waals surface area contributed by atoms with Crippen LogP contribution < -0.4 is 15.4 Å². The first-order valence-electron chi connectivity index (χ1n) is 6.46. The molecule has 0 aliphatic rings. The smallest absolute Gasteiger partial charge is 0.319 e. The van der Waals surface area contributed by atoms with Crippen LogP contribution in [0.5, 0.6) is 5.75 Å². The molecule has 1 rings (SSSR count). The van der Waals surface area contributed by atoms with Crippen LogP contribution in [-0.2, 0) is 0 Å². The molecule has 0 aromatic heterocycles. The summed E-state index contributed by atoms with van der Waals surface area (Å²) in [7, 11) is 0. The highest BCUT2D eigenvalue weighted by molar-refractivity contribution is 5.89. The molecule has 0 aliphatic carbocycles. The molecule has 1 aromatic rings. The molecular formula is C14H22N2O2. The molecule has 4 heteroatoms. The van der Waals surface area contributed by atoms with Gasteiger partial charge in [-0.25, -0.2) is 4.79 Å². The van der Waals surface area contributed by atoms with Gasteiger partial charge in [-0.2, -0.15) is 0 Å². The van der Waals surface area contributed by atoms with Gasteiger partial charge in [0, 0.05) is 17.8 Å². The lowest BCUT2D eigenvalue weighted by molar-refractivity contribution is 0.249. The average molecular weight is 250 g/mol. The van der Waals surface area contributed by atoms with Crippen molar-refractivity contribution in [2.75, 3.05) is 11.9 Å². The van der Waals surface area contributed by atoms with Gasteiger partial charge in [-0.15, -0.1) is 0 Å². The summed E-state index contributed by atoms with van der Waals surface area (Å²) in [6.07, 6.45) is 1.87. The number of amides is 2. The predicted molar refractivity (Wildman–Crippen MR) is 74.1 cm³/mol. The number of anilines is 1. The van der Waals surface area contributed by atoms with E-state index >= 15 is 0 Å². The Bertz CT molecular complexity index is 380. The maximum atomic E-state index is 11.6. The summed E-state index contributed by atoms with van der Waals surface area (Å²) < 4.78 is 5.51. The molecule has 4 nitrogen and oxygen atoms in total. The molecule has 0 saturated carbocycles. The molecule has 1 aromatic carbocycles. The van der Waals surface area contributed by atoms with Gasteiger partial charge in [-0.05, 0) is 31.9 Å². The summed E-state index contributed by atoms with van der Waals surface area (Å²) in [6.45, 7) is 6.74. The summed E-state index contributed by atoms with van der Waals surface area (Å²) in [6, 6.07) is 7.40. The van der Waals surface area contributed by atoms with Crippen LogP contribution in [-0.4, -0.2) is 18.7 Å². The van der Waals surface area contributed by atoms with E-state index in [1.165, 1.54) is 0 Å². The molecule has 0 radical (unpaired) electrons. The number of carbonyl (C=O) groups is 1. The van der Waals surface area contributed by atoms with Crippen LogP contribution in [0.3, 0.4) is 0 Å². The van der Waals surface area contributed by atoms with Gasteiger partial charge in [0.05, 0.1) is 6.61 Å². The van der Waals surface area contributed by atoms with E-state index in [2.05, 4.69) is 17.6 Å².